The van der Waals surface area contributed by atoms with E-state index in [1.54, 1.807) is 194 Å². The second-order valence-corrected chi connectivity index (χ2v) is 35.5. The molecule has 31 nitrogen and oxygen atoms in total. The number of nitrogens with one attached hydrogen (secondary N) is 6. The molecular formula is C102H107BrCl8N10O21. The zero-order valence-electron chi connectivity index (χ0n) is 78.8. The molecule has 0 saturated heterocycles. The molecule has 0 saturated carbocycles. The third kappa shape index (κ3) is 38.3. The normalized spacial score (nSPS) is 11.5. The predicted molar refractivity (Wildman–Crippen MR) is 552 cm³/mol. The van der Waals surface area contributed by atoms with Gasteiger partial charge in [0.25, 0.3) is 23.6 Å². The number of hydrogen-bond donors (Lipinski definition) is 7. The van der Waals surface area contributed by atoms with Crippen molar-refractivity contribution in [1.82, 2.24) is 36.2 Å². The number of carbonyl (C=O) groups is 9. The highest BCUT2D eigenvalue weighted by atomic mass is 79.9. The van der Waals surface area contributed by atoms with Crippen molar-refractivity contribution < 1.29 is 100 Å². The van der Waals surface area contributed by atoms with E-state index in [4.69, 9.17) is 145 Å². The van der Waals surface area contributed by atoms with E-state index in [9.17, 15) is 48.3 Å². The Morgan fingerprint density at radius 1 is 0.359 bits per heavy atom. The molecule has 3 aromatic heterocycles. The lowest BCUT2D eigenvalue weighted by molar-refractivity contribution is -0.143. The molecule has 142 heavy (non-hydrogen) atoms. The zero-order chi connectivity index (χ0) is 103. The number of ether oxygens (including phenoxy) is 11. The number of rotatable bonds is 45. The number of alkyl halides is 1. The van der Waals surface area contributed by atoms with Gasteiger partial charge in [0.2, 0.25) is 0 Å². The third-order valence-electron chi connectivity index (χ3n) is 20.1. The standard InChI is InChI=1S/C31H35Cl2N3O7.C26H27Cl2N3O5.C25H25Cl2N3O5.C20H20BrCl2NO4/c1-31(2,3)43-30(39)36(26-19-22(40-4)14-15-34-26)16-7-17-42-21-12-10-20(11-13-21)18-25(29(38)41-5)35-28(37)27-23(32)8-6-9-24(27)33;1-34-19-11-13-30-23(16-19)29-12-4-14-36-18-9-7-17(8-10-18)15-22(26(33)35-2)31-25(32)24-20(27)5-3-6-21(24)28;1-34-18-10-12-29-22(15-18)28-11-3-13-35-17-8-6-16(7-9-17)14-21(25(32)33)30-24(31)23-19(26)4-2-5-20(23)27;1-27-20(26)17(24-19(25)18-15(22)4-2-5-16(18)23)12-13-6-8-14(9-7-13)28-11-3-10-21/h6,8-15,19,25H,7,16-18H2,1-5H3,(H,35,37);3,5-11,13,16,22H,4,12,14-15H2,1-2H3,(H,29,30)(H,31,32);2,4-10,12,15,21H,3,11,13-14H2,1H3,(H,28,29)(H,30,31)(H,32,33);2,4-9,17H,3,10-12H2,1H3,(H,24,25)/t25-;22-;21-;17-/m0000/s1. The SMILES string of the molecule is COC(=O)[C@H](Cc1ccc(OCCCBr)cc1)NC(=O)c1c(Cl)cccc1Cl.COC(=O)[C@H](Cc1ccc(OCCCN(C(=O)OC(C)(C)C)c2cc(OC)ccn2)cc1)NC(=O)c1c(Cl)cccc1Cl.COC(=O)[C@H](Cc1ccc(OCCCNc2cc(OC)ccn2)cc1)NC(=O)c1c(Cl)cccc1Cl.COc1ccnc(NCCCOc2ccc(C[C@H](NC(=O)c3c(Cl)cccc3Cl)C(=O)O)cc2)c1. The summed E-state index contributed by atoms with van der Waals surface area (Å²) in [5.74, 6) is 1.34. The first-order valence-corrected chi connectivity index (χ1v) is 48.2. The second-order valence-electron chi connectivity index (χ2n) is 31.5. The van der Waals surface area contributed by atoms with Gasteiger partial charge < -0.3 is 89.1 Å². The zero-order valence-corrected chi connectivity index (χ0v) is 86.4. The van der Waals surface area contributed by atoms with Crippen LogP contribution in [0.2, 0.25) is 40.2 Å². The van der Waals surface area contributed by atoms with E-state index < -0.39 is 83.4 Å². The van der Waals surface area contributed by atoms with Crippen molar-refractivity contribution in [2.45, 2.75) is 102 Å². The Kier molecular flexibility index (Phi) is 48.3. The number of amides is 5. The molecule has 40 heteroatoms. The van der Waals surface area contributed by atoms with Gasteiger partial charge in [0.1, 0.15) is 87.5 Å². The second kappa shape index (κ2) is 59.9. The Balaban J connectivity index is 0.000000234. The number of pyridine rings is 3. The van der Waals surface area contributed by atoms with Crippen LogP contribution in [0.1, 0.15) is 110 Å². The van der Waals surface area contributed by atoms with Gasteiger partial charge in [-0.2, -0.15) is 0 Å². The third-order valence-corrected chi connectivity index (χ3v) is 23.2. The van der Waals surface area contributed by atoms with Gasteiger partial charge in [-0.05, 0) is 184 Å². The maximum atomic E-state index is 12.9. The van der Waals surface area contributed by atoms with E-state index >= 15 is 0 Å². The van der Waals surface area contributed by atoms with E-state index in [2.05, 4.69) is 62.8 Å². The van der Waals surface area contributed by atoms with Crippen LogP contribution in [-0.4, -0.2) is 197 Å². The molecule has 5 amide bonds. The van der Waals surface area contributed by atoms with E-state index in [1.807, 2.05) is 60.7 Å². The fourth-order valence-electron chi connectivity index (χ4n) is 13.0. The van der Waals surface area contributed by atoms with Crippen LogP contribution < -0.4 is 70.0 Å². The van der Waals surface area contributed by atoms with E-state index in [-0.39, 0.29) is 88.1 Å². The number of aromatic nitrogens is 3. The molecule has 0 aliphatic heterocycles. The molecule has 4 atom stereocenters. The first kappa shape index (κ1) is 115. The average Bonchev–Trinajstić information content (AvgIpc) is 0.838. The number of halogens is 9. The molecule has 7 N–H and O–H groups in total. The van der Waals surface area contributed by atoms with Crippen molar-refractivity contribution in [3.8, 4) is 40.2 Å². The van der Waals surface area contributed by atoms with Crippen molar-refractivity contribution >= 4 is 180 Å². The fraction of sp³-hybridized carbons (Fsp3) is 0.294. The van der Waals surface area contributed by atoms with Gasteiger partial charge in [-0.1, -0.05) is 182 Å². The summed E-state index contributed by atoms with van der Waals surface area (Å²) in [6.07, 6.45) is 8.02. The van der Waals surface area contributed by atoms with Crippen LogP contribution in [0, 0.1) is 0 Å². The molecule has 0 unspecified atom stereocenters. The van der Waals surface area contributed by atoms with Crippen molar-refractivity contribution in [1.29, 1.82) is 0 Å². The molecule has 754 valence electrons. The van der Waals surface area contributed by atoms with E-state index in [1.165, 1.54) is 38.4 Å². The summed E-state index contributed by atoms with van der Waals surface area (Å²) in [6.45, 7) is 8.97. The van der Waals surface area contributed by atoms with Crippen LogP contribution in [0.5, 0.6) is 40.2 Å². The Labute approximate surface area is 871 Å². The number of carbonyl (C=O) groups excluding carboxylic acids is 8. The highest BCUT2D eigenvalue weighted by Gasteiger charge is 2.31. The number of methoxy groups -OCH3 is 6. The minimum absolute atomic E-state index is 0.0440. The number of aliphatic carboxylic acids is 1. The smallest absolute Gasteiger partial charge is 0.416 e. The number of esters is 3. The molecule has 8 aromatic carbocycles. The molecule has 11 rings (SSSR count). The minimum Gasteiger partial charge on any atom is -0.497 e. The maximum Gasteiger partial charge on any atom is 0.416 e. The summed E-state index contributed by atoms with van der Waals surface area (Å²) in [5.41, 5.74) is 2.81. The van der Waals surface area contributed by atoms with Crippen LogP contribution in [0.25, 0.3) is 0 Å². The number of carboxylic acid groups (broad SMARTS) is 1. The van der Waals surface area contributed by atoms with Gasteiger partial charge in [0.05, 0.1) is 132 Å². The molecule has 0 radical (unpaired) electrons. The van der Waals surface area contributed by atoms with Gasteiger partial charge in [-0.25, -0.2) is 38.9 Å². The van der Waals surface area contributed by atoms with Gasteiger partial charge in [0, 0.05) is 87.4 Å². The lowest BCUT2D eigenvalue weighted by atomic mass is 10.0. The lowest BCUT2D eigenvalue weighted by Gasteiger charge is -2.27. The topological polar surface area (TPSA) is 389 Å². The quantitative estimate of drug-likeness (QED) is 0.00806. The average molecular weight is 2170 g/mol. The summed E-state index contributed by atoms with van der Waals surface area (Å²) in [5, 5.41) is 28.8. The number of hydrogen-bond acceptors (Lipinski definition) is 25. The highest BCUT2D eigenvalue weighted by molar-refractivity contribution is 9.09. The number of nitrogens with zero attached hydrogens (tertiary/aromatic N) is 4. The molecule has 0 aliphatic carbocycles. The van der Waals surface area contributed by atoms with Crippen molar-refractivity contribution in [3.63, 3.8) is 0 Å². The molecule has 11 aromatic rings. The lowest BCUT2D eigenvalue weighted by Crippen LogP contribution is -2.43. The molecule has 3 heterocycles. The minimum atomic E-state index is -1.17. The Hall–Kier alpha value is -12.8. The molecule has 0 aliphatic rings. The summed E-state index contributed by atoms with van der Waals surface area (Å²) >= 11 is 52.1. The maximum absolute atomic E-state index is 12.9. The first-order chi connectivity index (χ1) is 68.1. The molecule has 0 fully saturated rings. The van der Waals surface area contributed by atoms with Crippen LogP contribution in [0.15, 0.2) is 225 Å². The summed E-state index contributed by atoms with van der Waals surface area (Å²) < 4.78 is 58.8. The van der Waals surface area contributed by atoms with Crippen LogP contribution in [-0.2, 0) is 63.8 Å². The van der Waals surface area contributed by atoms with Crippen LogP contribution in [0.3, 0.4) is 0 Å². The summed E-state index contributed by atoms with van der Waals surface area (Å²) in [6, 6.07) is 54.2. The van der Waals surface area contributed by atoms with Crippen molar-refractivity contribution in [3.05, 3.63) is 310 Å². The Bertz CT molecular complexity index is 5900. The highest BCUT2D eigenvalue weighted by Crippen LogP contribution is 2.32. The van der Waals surface area contributed by atoms with E-state index in [0.29, 0.717) is 81.3 Å². The fourth-order valence-corrected chi connectivity index (χ4v) is 15.5. The largest absolute Gasteiger partial charge is 0.497 e. The van der Waals surface area contributed by atoms with Crippen LogP contribution >= 0.6 is 109 Å². The predicted octanol–water partition coefficient (Wildman–Crippen LogP) is 20.3. The van der Waals surface area contributed by atoms with Gasteiger partial charge >= 0.3 is 30.0 Å². The number of carboxylic acids is 1. The first-order valence-electron chi connectivity index (χ1n) is 44.0. The monoisotopic (exact) mass is 2170 g/mol. The van der Waals surface area contributed by atoms with E-state index in [0.717, 1.165) is 75.7 Å². The summed E-state index contributed by atoms with van der Waals surface area (Å²) in [7, 11) is 8.53. The molecular weight excluding hydrogens is 2060 g/mol. The van der Waals surface area contributed by atoms with Crippen molar-refractivity contribution in [2.24, 2.45) is 0 Å². The van der Waals surface area contributed by atoms with Crippen LogP contribution in [0.4, 0.5) is 22.2 Å². The number of benzene rings is 8. The summed E-state index contributed by atoms with van der Waals surface area (Å²) in [4.78, 5) is 126. The van der Waals surface area contributed by atoms with Crippen molar-refractivity contribution in [2.75, 3.05) is 110 Å². The Morgan fingerprint density at radius 3 is 0.915 bits per heavy atom. The number of anilines is 3. The van der Waals surface area contributed by atoms with Gasteiger partial charge in [-0.15, -0.1) is 0 Å². The molecule has 0 spiro atoms. The van der Waals surface area contributed by atoms with Gasteiger partial charge in [0.15, 0.2) is 0 Å². The van der Waals surface area contributed by atoms with Gasteiger partial charge in [-0.3, -0.25) is 24.1 Å². The molecule has 0 bridgehead atoms. The Morgan fingerprint density at radius 2 is 0.634 bits per heavy atom.